The fourth-order valence-corrected chi connectivity index (χ4v) is 2.08. The van der Waals surface area contributed by atoms with Crippen molar-refractivity contribution in [3.05, 3.63) is 16.3 Å². The van der Waals surface area contributed by atoms with E-state index in [1.165, 1.54) is 24.3 Å². The van der Waals surface area contributed by atoms with Crippen molar-refractivity contribution in [2.45, 2.75) is 19.4 Å². The highest BCUT2D eigenvalue weighted by atomic mass is 32.1. The zero-order valence-electron chi connectivity index (χ0n) is 7.88. The maximum Gasteiger partial charge on any atom is 0.129 e. The van der Waals surface area contributed by atoms with Crippen molar-refractivity contribution in [2.75, 3.05) is 13.7 Å². The minimum absolute atomic E-state index is 0.960. The van der Waals surface area contributed by atoms with Crippen LogP contribution in [-0.4, -0.2) is 13.7 Å². The van der Waals surface area contributed by atoms with E-state index in [-0.39, 0.29) is 0 Å². The Morgan fingerprint density at radius 1 is 1.62 bits per heavy atom. The Kier molecular flexibility index (Phi) is 2.86. The molecule has 1 fully saturated rings. The normalized spacial score (nSPS) is 16.1. The lowest BCUT2D eigenvalue weighted by Gasteiger charge is -1.99. The highest BCUT2D eigenvalue weighted by Gasteiger charge is 2.20. The molecule has 13 heavy (non-hydrogen) atoms. The first-order valence-corrected chi connectivity index (χ1v) is 5.58. The van der Waals surface area contributed by atoms with Crippen molar-refractivity contribution < 1.29 is 4.74 Å². The number of methoxy groups -OCH3 is 1. The molecule has 3 heteroatoms. The van der Waals surface area contributed by atoms with Crippen LogP contribution in [-0.2, 0) is 6.54 Å². The summed E-state index contributed by atoms with van der Waals surface area (Å²) in [4.78, 5) is 1.36. The number of hydrogen-bond donors (Lipinski definition) is 1. The summed E-state index contributed by atoms with van der Waals surface area (Å²) < 4.78 is 5.12. The van der Waals surface area contributed by atoms with Crippen LogP contribution in [0.1, 0.15) is 17.7 Å². The molecule has 1 aliphatic rings. The molecule has 72 valence electrons. The summed E-state index contributed by atoms with van der Waals surface area (Å²) in [6.45, 7) is 2.17. The van der Waals surface area contributed by atoms with Crippen molar-refractivity contribution in [3.8, 4) is 5.75 Å². The van der Waals surface area contributed by atoms with Gasteiger partial charge in [0.25, 0.3) is 0 Å². The zero-order valence-corrected chi connectivity index (χ0v) is 8.69. The maximum absolute atomic E-state index is 5.12. The molecule has 1 aromatic rings. The number of thiophene rings is 1. The van der Waals surface area contributed by atoms with Gasteiger partial charge in [-0.2, -0.15) is 0 Å². The van der Waals surface area contributed by atoms with Gasteiger partial charge in [0.15, 0.2) is 0 Å². The van der Waals surface area contributed by atoms with Gasteiger partial charge in [-0.3, -0.25) is 0 Å². The molecule has 0 atom stereocenters. The van der Waals surface area contributed by atoms with Crippen LogP contribution in [0.15, 0.2) is 11.4 Å². The van der Waals surface area contributed by atoms with E-state index in [4.69, 9.17) is 4.74 Å². The number of ether oxygens (including phenoxy) is 1. The Bertz CT molecular complexity index is 268. The van der Waals surface area contributed by atoms with E-state index in [1.807, 2.05) is 5.38 Å². The van der Waals surface area contributed by atoms with Crippen LogP contribution in [0.5, 0.6) is 5.75 Å². The Morgan fingerprint density at radius 3 is 3.08 bits per heavy atom. The highest BCUT2D eigenvalue weighted by molar-refractivity contribution is 7.10. The molecule has 2 rings (SSSR count). The van der Waals surface area contributed by atoms with Crippen LogP contribution >= 0.6 is 11.3 Å². The largest absolute Gasteiger partial charge is 0.496 e. The molecule has 0 aromatic carbocycles. The van der Waals surface area contributed by atoms with Gasteiger partial charge in [-0.25, -0.2) is 0 Å². The quantitative estimate of drug-likeness (QED) is 0.781. The lowest BCUT2D eigenvalue weighted by atomic mass is 10.4. The van der Waals surface area contributed by atoms with Gasteiger partial charge in [0.2, 0.25) is 0 Å². The lowest BCUT2D eigenvalue weighted by molar-refractivity contribution is 0.416. The monoisotopic (exact) mass is 197 g/mol. The van der Waals surface area contributed by atoms with Gasteiger partial charge in [0.05, 0.1) is 7.11 Å². The molecule has 0 bridgehead atoms. The molecule has 0 saturated heterocycles. The minimum atomic E-state index is 0.960. The molecule has 2 nitrogen and oxygen atoms in total. The van der Waals surface area contributed by atoms with Crippen molar-refractivity contribution in [1.29, 1.82) is 0 Å². The lowest BCUT2D eigenvalue weighted by Crippen LogP contribution is -2.15. The first-order chi connectivity index (χ1) is 6.38. The molecule has 0 radical (unpaired) electrons. The molecule has 0 unspecified atom stereocenters. The fourth-order valence-electron chi connectivity index (χ4n) is 1.28. The Morgan fingerprint density at radius 2 is 2.46 bits per heavy atom. The van der Waals surface area contributed by atoms with Crippen LogP contribution in [0.4, 0.5) is 0 Å². The molecular weight excluding hydrogens is 182 g/mol. The minimum Gasteiger partial charge on any atom is -0.496 e. The Labute approximate surface area is 82.9 Å². The highest BCUT2D eigenvalue weighted by Crippen LogP contribution is 2.28. The second-order valence-corrected chi connectivity index (χ2v) is 4.52. The summed E-state index contributed by atoms with van der Waals surface area (Å²) in [6.07, 6.45) is 2.83. The fraction of sp³-hybridized carbons (Fsp3) is 0.600. The molecule has 1 saturated carbocycles. The van der Waals surface area contributed by atoms with E-state index in [2.05, 4.69) is 11.4 Å². The molecule has 0 amide bonds. The molecule has 0 aliphatic heterocycles. The summed E-state index contributed by atoms with van der Waals surface area (Å²) in [7, 11) is 1.71. The Hall–Kier alpha value is -0.540. The van der Waals surface area contributed by atoms with Crippen LogP contribution in [0, 0.1) is 5.92 Å². The van der Waals surface area contributed by atoms with Crippen LogP contribution in [0.25, 0.3) is 0 Å². The van der Waals surface area contributed by atoms with Gasteiger partial charge in [-0.1, -0.05) is 0 Å². The average molecular weight is 197 g/mol. The average Bonchev–Trinajstić information content (AvgIpc) is 2.84. The number of rotatable bonds is 5. The van der Waals surface area contributed by atoms with E-state index in [0.717, 1.165) is 18.2 Å². The van der Waals surface area contributed by atoms with Crippen molar-refractivity contribution in [2.24, 2.45) is 5.92 Å². The molecule has 1 aliphatic carbocycles. The van der Waals surface area contributed by atoms with E-state index >= 15 is 0 Å². The van der Waals surface area contributed by atoms with Crippen molar-refractivity contribution >= 4 is 11.3 Å². The van der Waals surface area contributed by atoms with Crippen LogP contribution < -0.4 is 10.1 Å². The summed E-state index contributed by atoms with van der Waals surface area (Å²) in [5, 5.41) is 5.51. The first-order valence-electron chi connectivity index (χ1n) is 4.70. The van der Waals surface area contributed by atoms with Gasteiger partial charge >= 0.3 is 0 Å². The van der Waals surface area contributed by atoms with Crippen LogP contribution in [0.2, 0.25) is 0 Å². The Balaban J connectivity index is 1.72. The maximum atomic E-state index is 5.12. The van der Waals surface area contributed by atoms with E-state index in [0.29, 0.717) is 0 Å². The van der Waals surface area contributed by atoms with Gasteiger partial charge in [-0.15, -0.1) is 11.3 Å². The second-order valence-electron chi connectivity index (χ2n) is 3.53. The van der Waals surface area contributed by atoms with Crippen LogP contribution in [0.3, 0.4) is 0 Å². The summed E-state index contributed by atoms with van der Waals surface area (Å²) in [5.41, 5.74) is 0. The third-order valence-corrected chi connectivity index (χ3v) is 3.21. The second kappa shape index (κ2) is 4.11. The SMILES string of the molecule is COc1csc(CNCC2CC2)c1. The van der Waals surface area contributed by atoms with E-state index < -0.39 is 0 Å². The van der Waals surface area contributed by atoms with Gasteiger partial charge < -0.3 is 10.1 Å². The summed E-state index contributed by atoms with van der Waals surface area (Å²) in [5.74, 6) is 1.94. The predicted octanol–water partition coefficient (Wildman–Crippen LogP) is 2.26. The molecule has 1 N–H and O–H groups in total. The van der Waals surface area contributed by atoms with Gasteiger partial charge in [0.1, 0.15) is 5.75 Å². The van der Waals surface area contributed by atoms with E-state index in [1.54, 1.807) is 18.4 Å². The third kappa shape index (κ3) is 2.71. The zero-order chi connectivity index (χ0) is 9.10. The first kappa shape index (κ1) is 9.03. The van der Waals surface area contributed by atoms with Gasteiger partial charge in [0, 0.05) is 16.8 Å². The third-order valence-electron chi connectivity index (χ3n) is 2.29. The number of nitrogens with one attached hydrogen (secondary N) is 1. The predicted molar refractivity (Wildman–Crippen MR) is 55.3 cm³/mol. The smallest absolute Gasteiger partial charge is 0.129 e. The van der Waals surface area contributed by atoms with Gasteiger partial charge in [-0.05, 0) is 31.4 Å². The molecule has 0 spiro atoms. The number of hydrogen-bond acceptors (Lipinski definition) is 3. The topological polar surface area (TPSA) is 21.3 Å². The van der Waals surface area contributed by atoms with Crippen molar-refractivity contribution in [3.63, 3.8) is 0 Å². The summed E-state index contributed by atoms with van der Waals surface area (Å²) in [6, 6.07) is 2.10. The van der Waals surface area contributed by atoms with E-state index in [9.17, 15) is 0 Å². The standard InChI is InChI=1S/C10H15NOS/c1-12-9-4-10(13-7-9)6-11-5-8-2-3-8/h4,7-8,11H,2-3,5-6H2,1H3. The molecular formula is C10H15NOS. The molecule has 1 aromatic heterocycles. The summed E-state index contributed by atoms with van der Waals surface area (Å²) >= 11 is 1.76. The molecule has 1 heterocycles. The van der Waals surface area contributed by atoms with Crippen molar-refractivity contribution in [1.82, 2.24) is 5.32 Å².